The molecule has 0 fully saturated rings. The van der Waals surface area contributed by atoms with Gasteiger partial charge in [-0.1, -0.05) is 30.1 Å². The highest BCUT2D eigenvalue weighted by molar-refractivity contribution is 6.36. The van der Waals surface area contributed by atoms with Crippen LogP contribution in [0.5, 0.6) is 11.5 Å². The van der Waals surface area contributed by atoms with E-state index in [0.29, 0.717) is 33.7 Å². The zero-order chi connectivity index (χ0) is 22.8. The number of ether oxygens (including phenoxy) is 2. The van der Waals surface area contributed by atoms with Gasteiger partial charge in [0.25, 0.3) is 11.8 Å². The van der Waals surface area contributed by atoms with Crippen LogP contribution in [0, 0.1) is 0 Å². The molecule has 8 heteroatoms. The van der Waals surface area contributed by atoms with Crippen molar-refractivity contribution in [3.8, 4) is 11.5 Å². The van der Waals surface area contributed by atoms with E-state index in [1.165, 1.54) is 18.2 Å². The number of hydrogen-bond acceptors (Lipinski definition) is 5. The van der Waals surface area contributed by atoms with Crippen molar-refractivity contribution < 1.29 is 23.9 Å². The number of benzene rings is 3. The minimum atomic E-state index is -0.532. The smallest absolute Gasteiger partial charge is 0.338 e. The molecule has 0 atom stereocenters. The molecular formula is C24H17Cl2NO5. The summed E-state index contributed by atoms with van der Waals surface area (Å²) < 4.78 is 10.8. The van der Waals surface area contributed by atoms with E-state index >= 15 is 0 Å². The van der Waals surface area contributed by atoms with Gasteiger partial charge in [0.15, 0.2) is 0 Å². The Morgan fingerprint density at radius 2 is 1.62 bits per heavy atom. The molecule has 0 spiro atoms. The molecule has 32 heavy (non-hydrogen) atoms. The Kier molecular flexibility index (Phi) is 6.17. The largest absolute Gasteiger partial charge is 0.462 e. The number of halogens is 2. The van der Waals surface area contributed by atoms with E-state index in [1.54, 1.807) is 42.5 Å². The van der Waals surface area contributed by atoms with Crippen molar-refractivity contribution in [3.05, 3.63) is 87.4 Å². The molecule has 0 radical (unpaired) electrons. The number of carbonyl (C=O) groups excluding carboxylic acids is 3. The Labute approximate surface area is 194 Å². The number of imide groups is 1. The first-order valence-corrected chi connectivity index (χ1v) is 10.6. The molecule has 1 aliphatic rings. The predicted molar refractivity (Wildman–Crippen MR) is 121 cm³/mol. The van der Waals surface area contributed by atoms with E-state index in [1.807, 2.05) is 6.92 Å². The van der Waals surface area contributed by atoms with Gasteiger partial charge in [-0.2, -0.15) is 0 Å². The number of rotatable bonds is 6. The van der Waals surface area contributed by atoms with Crippen LogP contribution in [0.2, 0.25) is 10.0 Å². The van der Waals surface area contributed by atoms with Gasteiger partial charge in [0.1, 0.15) is 11.5 Å². The Balaban J connectivity index is 1.55. The quantitative estimate of drug-likeness (QED) is 0.319. The van der Waals surface area contributed by atoms with E-state index in [4.69, 9.17) is 32.7 Å². The fourth-order valence-electron chi connectivity index (χ4n) is 3.23. The summed E-state index contributed by atoms with van der Waals surface area (Å²) in [6.45, 7) is 2.17. The Bertz CT molecular complexity index is 1220. The number of hydrogen-bond donors (Lipinski definition) is 0. The second-order valence-corrected chi connectivity index (χ2v) is 7.86. The van der Waals surface area contributed by atoms with E-state index in [2.05, 4.69) is 0 Å². The van der Waals surface area contributed by atoms with Crippen molar-refractivity contribution in [1.29, 1.82) is 0 Å². The van der Waals surface area contributed by atoms with Crippen LogP contribution in [0.4, 0.5) is 5.69 Å². The molecule has 1 heterocycles. The van der Waals surface area contributed by atoms with E-state index in [0.717, 1.165) is 4.90 Å². The Morgan fingerprint density at radius 1 is 0.906 bits per heavy atom. The number of carbonyl (C=O) groups is 3. The van der Waals surface area contributed by atoms with Gasteiger partial charge in [-0.05, 0) is 67.1 Å². The molecular weight excluding hydrogens is 453 g/mol. The number of esters is 1. The SMILES string of the molecule is CCCOC(=O)c1ccc2c(c1)C(=O)N(c1ccc(Oc3ccc(Cl)cc3Cl)cc1)C2=O. The number of nitrogens with zero attached hydrogens (tertiary/aromatic N) is 1. The highest BCUT2D eigenvalue weighted by Crippen LogP contribution is 2.34. The lowest BCUT2D eigenvalue weighted by Crippen LogP contribution is -2.29. The van der Waals surface area contributed by atoms with E-state index < -0.39 is 17.8 Å². The summed E-state index contributed by atoms with van der Waals surface area (Å²) in [7, 11) is 0. The third-order valence-corrected chi connectivity index (χ3v) is 5.31. The third kappa shape index (κ3) is 4.20. The molecule has 0 N–H and O–H groups in total. The van der Waals surface area contributed by atoms with Crippen molar-refractivity contribution in [1.82, 2.24) is 0 Å². The monoisotopic (exact) mass is 469 g/mol. The van der Waals surface area contributed by atoms with Crippen molar-refractivity contribution in [3.63, 3.8) is 0 Å². The topological polar surface area (TPSA) is 72.9 Å². The van der Waals surface area contributed by atoms with Gasteiger partial charge in [0, 0.05) is 5.02 Å². The molecule has 6 nitrogen and oxygen atoms in total. The van der Waals surface area contributed by atoms with E-state index in [-0.39, 0.29) is 23.3 Å². The standard InChI is InChI=1S/C24H17Cl2NO5/c1-2-11-31-24(30)14-3-9-18-19(12-14)23(29)27(22(18)28)16-5-7-17(8-6-16)32-21-10-4-15(25)13-20(21)26/h3-10,12-13H,2,11H2,1H3. The molecule has 162 valence electrons. The molecule has 0 aromatic heterocycles. The fourth-order valence-corrected chi connectivity index (χ4v) is 3.68. The maximum atomic E-state index is 12.9. The molecule has 4 rings (SSSR count). The summed E-state index contributed by atoms with van der Waals surface area (Å²) >= 11 is 12.0. The Morgan fingerprint density at radius 3 is 2.31 bits per heavy atom. The molecule has 0 saturated heterocycles. The van der Waals surface area contributed by atoms with Gasteiger partial charge in [-0.25, -0.2) is 9.69 Å². The predicted octanol–water partition coefficient (Wildman–Crippen LogP) is 6.15. The molecule has 0 saturated carbocycles. The molecule has 3 aromatic rings. The maximum Gasteiger partial charge on any atom is 0.338 e. The van der Waals surface area contributed by atoms with E-state index in [9.17, 15) is 14.4 Å². The summed E-state index contributed by atoms with van der Waals surface area (Å²) in [5.41, 5.74) is 0.995. The van der Waals surface area contributed by atoms with Crippen molar-refractivity contribution in [2.45, 2.75) is 13.3 Å². The van der Waals surface area contributed by atoms with Crippen LogP contribution in [-0.2, 0) is 4.74 Å². The van der Waals surface area contributed by atoms with Crippen LogP contribution in [0.15, 0.2) is 60.7 Å². The van der Waals surface area contributed by atoms with Gasteiger partial charge in [-0.3, -0.25) is 9.59 Å². The zero-order valence-electron chi connectivity index (χ0n) is 16.9. The molecule has 0 bridgehead atoms. The van der Waals surface area contributed by atoms with Gasteiger partial charge in [0.05, 0.1) is 34.0 Å². The fraction of sp³-hybridized carbons (Fsp3) is 0.125. The van der Waals surface area contributed by atoms with Crippen molar-refractivity contribution in [2.75, 3.05) is 11.5 Å². The summed E-state index contributed by atoms with van der Waals surface area (Å²) in [4.78, 5) is 39.0. The summed E-state index contributed by atoms with van der Waals surface area (Å²) in [6.07, 6.45) is 0.686. The minimum absolute atomic E-state index is 0.161. The number of amides is 2. The van der Waals surface area contributed by atoms with Gasteiger partial charge in [-0.15, -0.1) is 0 Å². The highest BCUT2D eigenvalue weighted by atomic mass is 35.5. The van der Waals surface area contributed by atoms with Crippen LogP contribution < -0.4 is 9.64 Å². The average molecular weight is 470 g/mol. The van der Waals surface area contributed by atoms with Crippen LogP contribution in [0.25, 0.3) is 0 Å². The van der Waals surface area contributed by atoms with Crippen LogP contribution in [0.1, 0.15) is 44.4 Å². The summed E-state index contributed by atoms with van der Waals surface area (Å²) in [6, 6.07) is 15.7. The minimum Gasteiger partial charge on any atom is -0.462 e. The van der Waals surface area contributed by atoms with Crippen LogP contribution in [0.3, 0.4) is 0 Å². The number of anilines is 1. The molecule has 1 aliphatic heterocycles. The average Bonchev–Trinajstić information content (AvgIpc) is 3.04. The lowest BCUT2D eigenvalue weighted by atomic mass is 10.1. The molecule has 0 unspecified atom stereocenters. The Hall–Kier alpha value is -3.35. The highest BCUT2D eigenvalue weighted by Gasteiger charge is 2.37. The summed E-state index contributed by atoms with van der Waals surface area (Å²) in [5, 5.41) is 0.847. The normalized spacial score (nSPS) is 12.7. The second-order valence-electron chi connectivity index (χ2n) is 7.01. The number of fused-ring (bicyclic) bond motifs is 1. The molecule has 2 amide bonds. The van der Waals surface area contributed by atoms with Crippen LogP contribution >= 0.6 is 23.2 Å². The first-order valence-electron chi connectivity index (χ1n) is 9.82. The summed E-state index contributed by atoms with van der Waals surface area (Å²) in [5.74, 6) is -0.615. The van der Waals surface area contributed by atoms with Crippen molar-refractivity contribution in [2.24, 2.45) is 0 Å². The zero-order valence-corrected chi connectivity index (χ0v) is 18.4. The van der Waals surface area contributed by atoms with Gasteiger partial charge >= 0.3 is 5.97 Å². The molecule has 3 aromatic carbocycles. The lowest BCUT2D eigenvalue weighted by Gasteiger charge is -2.15. The van der Waals surface area contributed by atoms with Crippen LogP contribution in [-0.4, -0.2) is 24.4 Å². The first kappa shape index (κ1) is 21.9. The maximum absolute atomic E-state index is 12.9. The van der Waals surface area contributed by atoms with Crippen molar-refractivity contribution >= 4 is 46.7 Å². The second kappa shape index (κ2) is 9.02. The van der Waals surface area contributed by atoms with Gasteiger partial charge < -0.3 is 9.47 Å². The lowest BCUT2D eigenvalue weighted by molar-refractivity contribution is 0.0505. The third-order valence-electron chi connectivity index (χ3n) is 4.78. The van der Waals surface area contributed by atoms with Gasteiger partial charge in [0.2, 0.25) is 0 Å². The first-order chi connectivity index (χ1) is 15.4. The molecule has 0 aliphatic carbocycles.